The Hall–Kier alpha value is -0.120. The Bertz CT molecular complexity index is 165. The molecule has 0 aromatic heterocycles. The average molecular weight is 215 g/mol. The van der Waals surface area contributed by atoms with E-state index in [0.29, 0.717) is 30.9 Å². The van der Waals surface area contributed by atoms with Crippen molar-refractivity contribution in [1.29, 1.82) is 0 Å². The number of hydrogen-bond acceptors (Lipinski definition) is 3. The van der Waals surface area contributed by atoms with E-state index >= 15 is 0 Å². The Labute approximate surface area is 93.2 Å². The van der Waals surface area contributed by atoms with Crippen molar-refractivity contribution in [3.63, 3.8) is 0 Å². The van der Waals surface area contributed by atoms with Gasteiger partial charge in [0.15, 0.2) is 0 Å². The largest absolute Gasteiger partial charge is 0.396 e. The van der Waals surface area contributed by atoms with E-state index in [4.69, 9.17) is 9.84 Å². The summed E-state index contributed by atoms with van der Waals surface area (Å²) in [5.41, 5.74) is 0. The molecule has 0 spiro atoms. The third-order valence-electron chi connectivity index (χ3n) is 3.01. The molecule has 0 saturated carbocycles. The predicted molar refractivity (Wildman–Crippen MR) is 61.9 cm³/mol. The van der Waals surface area contributed by atoms with Crippen molar-refractivity contribution < 1.29 is 9.84 Å². The fourth-order valence-electron chi connectivity index (χ4n) is 2.42. The highest BCUT2D eigenvalue weighted by molar-refractivity contribution is 4.80. The van der Waals surface area contributed by atoms with Crippen LogP contribution in [0.3, 0.4) is 0 Å². The second-order valence-corrected chi connectivity index (χ2v) is 4.86. The van der Waals surface area contributed by atoms with Gasteiger partial charge in [-0.3, -0.25) is 0 Å². The highest BCUT2D eigenvalue weighted by Crippen LogP contribution is 2.19. The molecule has 1 saturated heterocycles. The summed E-state index contributed by atoms with van der Waals surface area (Å²) in [4.78, 5) is 0. The first-order chi connectivity index (χ1) is 7.11. The zero-order valence-electron chi connectivity index (χ0n) is 10.2. The van der Waals surface area contributed by atoms with Gasteiger partial charge in [-0.2, -0.15) is 0 Å². The molecule has 0 aromatic carbocycles. The Balaban J connectivity index is 2.24. The number of hydrogen-bond donors (Lipinski definition) is 2. The number of aliphatic hydroxyl groups excluding tert-OH is 1. The Morgan fingerprint density at radius 1 is 1.33 bits per heavy atom. The van der Waals surface area contributed by atoms with Crippen molar-refractivity contribution in [2.45, 2.75) is 70.7 Å². The fraction of sp³-hybridized carbons (Fsp3) is 1.00. The summed E-state index contributed by atoms with van der Waals surface area (Å²) in [6.45, 7) is 6.78. The third-order valence-corrected chi connectivity index (χ3v) is 3.01. The molecule has 0 bridgehead atoms. The maximum atomic E-state index is 8.76. The molecule has 1 aliphatic heterocycles. The standard InChI is InChI=1S/C12H25NO2/c1-9(5-4-6-14)13-12-7-10(2)15-11(3)8-12/h9-14H,4-8H2,1-3H3/t9-,10-,11+,12?/m0/s1. The summed E-state index contributed by atoms with van der Waals surface area (Å²) in [6, 6.07) is 1.08. The molecule has 0 aromatic rings. The van der Waals surface area contributed by atoms with Gasteiger partial charge in [-0.25, -0.2) is 0 Å². The summed E-state index contributed by atoms with van der Waals surface area (Å²) < 4.78 is 5.70. The van der Waals surface area contributed by atoms with Crippen LogP contribution in [0.2, 0.25) is 0 Å². The van der Waals surface area contributed by atoms with Gasteiger partial charge in [0.25, 0.3) is 0 Å². The SMILES string of the molecule is C[C@@H]1CC(N[C@@H](C)CCCO)C[C@H](C)O1. The van der Waals surface area contributed by atoms with Crippen molar-refractivity contribution in [2.24, 2.45) is 0 Å². The van der Waals surface area contributed by atoms with E-state index in [9.17, 15) is 0 Å². The van der Waals surface area contributed by atoms with Crippen molar-refractivity contribution in [2.75, 3.05) is 6.61 Å². The molecule has 3 nitrogen and oxygen atoms in total. The van der Waals surface area contributed by atoms with E-state index in [1.54, 1.807) is 0 Å². The molecule has 3 heteroatoms. The van der Waals surface area contributed by atoms with Gasteiger partial charge >= 0.3 is 0 Å². The summed E-state index contributed by atoms with van der Waals surface area (Å²) in [5, 5.41) is 12.4. The molecule has 1 aliphatic rings. The van der Waals surface area contributed by atoms with Gasteiger partial charge in [0.05, 0.1) is 12.2 Å². The van der Waals surface area contributed by atoms with Crippen LogP contribution in [-0.2, 0) is 4.74 Å². The van der Waals surface area contributed by atoms with Crippen LogP contribution in [0, 0.1) is 0 Å². The lowest BCUT2D eigenvalue weighted by Gasteiger charge is -2.34. The topological polar surface area (TPSA) is 41.5 Å². The molecule has 1 rings (SSSR count). The third kappa shape index (κ3) is 4.96. The fourth-order valence-corrected chi connectivity index (χ4v) is 2.42. The smallest absolute Gasteiger partial charge is 0.0565 e. The number of rotatable bonds is 5. The van der Waals surface area contributed by atoms with Crippen LogP contribution in [0.15, 0.2) is 0 Å². The number of nitrogens with one attached hydrogen (secondary N) is 1. The summed E-state index contributed by atoms with van der Waals surface area (Å²) in [6.07, 6.45) is 4.90. The monoisotopic (exact) mass is 215 g/mol. The van der Waals surface area contributed by atoms with Crippen LogP contribution in [-0.4, -0.2) is 36.0 Å². The molecule has 0 aliphatic carbocycles. The van der Waals surface area contributed by atoms with Gasteiger partial charge in [0.2, 0.25) is 0 Å². The molecule has 4 atom stereocenters. The maximum absolute atomic E-state index is 8.76. The normalized spacial score (nSPS) is 34.0. The lowest BCUT2D eigenvalue weighted by atomic mass is 9.98. The molecular weight excluding hydrogens is 190 g/mol. The lowest BCUT2D eigenvalue weighted by Crippen LogP contribution is -2.44. The van der Waals surface area contributed by atoms with Crippen LogP contribution in [0.5, 0.6) is 0 Å². The maximum Gasteiger partial charge on any atom is 0.0565 e. The van der Waals surface area contributed by atoms with Crippen LogP contribution >= 0.6 is 0 Å². The molecule has 1 fully saturated rings. The van der Waals surface area contributed by atoms with E-state index in [0.717, 1.165) is 25.7 Å². The van der Waals surface area contributed by atoms with Gasteiger partial charge in [0.1, 0.15) is 0 Å². The summed E-state index contributed by atoms with van der Waals surface area (Å²) in [5.74, 6) is 0. The zero-order valence-corrected chi connectivity index (χ0v) is 10.2. The van der Waals surface area contributed by atoms with Crippen molar-refractivity contribution in [3.8, 4) is 0 Å². The second kappa shape index (κ2) is 6.46. The Kier molecular flexibility index (Phi) is 5.58. The zero-order chi connectivity index (χ0) is 11.3. The quantitative estimate of drug-likeness (QED) is 0.733. The minimum atomic E-state index is 0.298. The minimum Gasteiger partial charge on any atom is -0.396 e. The molecule has 2 N–H and O–H groups in total. The molecule has 15 heavy (non-hydrogen) atoms. The van der Waals surface area contributed by atoms with Gasteiger partial charge in [-0.15, -0.1) is 0 Å². The van der Waals surface area contributed by atoms with Crippen molar-refractivity contribution >= 4 is 0 Å². The van der Waals surface area contributed by atoms with E-state index in [2.05, 4.69) is 26.1 Å². The van der Waals surface area contributed by atoms with E-state index in [1.165, 1.54) is 0 Å². The number of aliphatic hydroxyl groups is 1. The van der Waals surface area contributed by atoms with Crippen LogP contribution in [0.1, 0.15) is 46.5 Å². The molecule has 0 radical (unpaired) electrons. The predicted octanol–water partition coefficient (Wildman–Crippen LogP) is 1.69. The molecule has 90 valence electrons. The highest BCUT2D eigenvalue weighted by Gasteiger charge is 2.24. The van der Waals surface area contributed by atoms with E-state index in [-0.39, 0.29) is 0 Å². The molecule has 1 heterocycles. The van der Waals surface area contributed by atoms with Crippen molar-refractivity contribution in [3.05, 3.63) is 0 Å². The van der Waals surface area contributed by atoms with E-state index in [1.807, 2.05) is 0 Å². The molecule has 0 amide bonds. The van der Waals surface area contributed by atoms with Crippen LogP contribution in [0.25, 0.3) is 0 Å². The first-order valence-corrected chi connectivity index (χ1v) is 6.14. The summed E-state index contributed by atoms with van der Waals surface area (Å²) in [7, 11) is 0. The van der Waals surface area contributed by atoms with E-state index < -0.39 is 0 Å². The van der Waals surface area contributed by atoms with Gasteiger partial charge in [-0.1, -0.05) is 0 Å². The van der Waals surface area contributed by atoms with Crippen molar-refractivity contribution in [1.82, 2.24) is 5.32 Å². The van der Waals surface area contributed by atoms with Gasteiger partial charge in [0, 0.05) is 18.7 Å². The molecular formula is C12H25NO2. The Morgan fingerprint density at radius 3 is 2.47 bits per heavy atom. The average Bonchev–Trinajstić information content (AvgIpc) is 2.13. The first-order valence-electron chi connectivity index (χ1n) is 6.14. The van der Waals surface area contributed by atoms with Crippen LogP contribution < -0.4 is 5.32 Å². The lowest BCUT2D eigenvalue weighted by molar-refractivity contribution is -0.0434. The molecule has 1 unspecified atom stereocenters. The summed E-state index contributed by atoms with van der Waals surface area (Å²) >= 11 is 0. The first kappa shape index (κ1) is 12.9. The number of ether oxygens (including phenoxy) is 1. The highest BCUT2D eigenvalue weighted by atomic mass is 16.5. The van der Waals surface area contributed by atoms with Gasteiger partial charge < -0.3 is 15.2 Å². The Morgan fingerprint density at radius 2 is 1.93 bits per heavy atom. The van der Waals surface area contributed by atoms with Gasteiger partial charge in [-0.05, 0) is 46.5 Å². The minimum absolute atomic E-state index is 0.298. The second-order valence-electron chi connectivity index (χ2n) is 4.86. The van der Waals surface area contributed by atoms with Crippen LogP contribution in [0.4, 0.5) is 0 Å².